The van der Waals surface area contributed by atoms with Gasteiger partial charge in [0.2, 0.25) is 17.7 Å². The summed E-state index contributed by atoms with van der Waals surface area (Å²) in [6.07, 6.45) is 2.41. The van der Waals surface area contributed by atoms with Crippen molar-refractivity contribution in [2.24, 2.45) is 0 Å². The van der Waals surface area contributed by atoms with Gasteiger partial charge in [0.05, 0.1) is 12.5 Å². The zero-order chi connectivity index (χ0) is 18.8. The van der Waals surface area contributed by atoms with Crippen molar-refractivity contribution in [1.82, 2.24) is 14.7 Å². The van der Waals surface area contributed by atoms with Gasteiger partial charge in [0.15, 0.2) is 0 Å². The summed E-state index contributed by atoms with van der Waals surface area (Å²) in [4.78, 5) is 43.1. The second kappa shape index (κ2) is 7.68. The van der Waals surface area contributed by atoms with E-state index in [-0.39, 0.29) is 24.1 Å². The first-order valence-electron chi connectivity index (χ1n) is 9.79. The number of rotatable bonds is 4. The first kappa shape index (κ1) is 18.0. The van der Waals surface area contributed by atoms with Crippen LogP contribution in [-0.4, -0.2) is 78.2 Å². The van der Waals surface area contributed by atoms with Crippen molar-refractivity contribution in [2.45, 2.75) is 25.2 Å². The van der Waals surface area contributed by atoms with Crippen LogP contribution in [0.5, 0.6) is 0 Å². The summed E-state index contributed by atoms with van der Waals surface area (Å²) in [7, 11) is 0. The average molecular weight is 370 g/mol. The lowest BCUT2D eigenvalue weighted by Gasteiger charge is -2.35. The maximum atomic E-state index is 12.7. The van der Waals surface area contributed by atoms with Crippen molar-refractivity contribution in [3.05, 3.63) is 29.8 Å². The molecule has 0 spiro atoms. The fourth-order valence-corrected chi connectivity index (χ4v) is 4.20. The van der Waals surface area contributed by atoms with E-state index >= 15 is 0 Å². The molecule has 0 saturated carbocycles. The van der Waals surface area contributed by atoms with Gasteiger partial charge in [0.1, 0.15) is 0 Å². The van der Waals surface area contributed by atoms with Gasteiger partial charge in [-0.2, -0.15) is 0 Å². The topological polar surface area (TPSA) is 73.0 Å². The summed E-state index contributed by atoms with van der Waals surface area (Å²) < 4.78 is 0. The molecule has 0 bridgehead atoms. The van der Waals surface area contributed by atoms with Gasteiger partial charge in [-0.15, -0.1) is 0 Å². The molecule has 4 rings (SSSR count). The third kappa shape index (κ3) is 3.83. The Morgan fingerprint density at radius 2 is 1.59 bits per heavy atom. The van der Waals surface area contributed by atoms with E-state index in [1.165, 1.54) is 0 Å². The van der Waals surface area contributed by atoms with E-state index < -0.39 is 5.92 Å². The number of para-hydroxylation sites is 1. The van der Waals surface area contributed by atoms with Crippen LogP contribution in [0.25, 0.3) is 0 Å². The fourth-order valence-electron chi connectivity index (χ4n) is 4.20. The van der Waals surface area contributed by atoms with Gasteiger partial charge in [-0.1, -0.05) is 18.2 Å². The Morgan fingerprint density at radius 3 is 2.33 bits per heavy atom. The number of nitrogens with one attached hydrogen (secondary N) is 1. The maximum Gasteiger partial charge on any atom is 0.236 e. The van der Waals surface area contributed by atoms with Crippen molar-refractivity contribution in [2.75, 3.05) is 51.1 Å². The first-order chi connectivity index (χ1) is 13.1. The number of carbonyl (C=O) groups excluding carboxylic acids is 3. The number of fused-ring (bicyclic) bond motifs is 1. The van der Waals surface area contributed by atoms with E-state index in [9.17, 15) is 14.4 Å². The highest BCUT2D eigenvalue weighted by Gasteiger charge is 2.34. The lowest BCUT2D eigenvalue weighted by Crippen LogP contribution is -2.51. The number of anilines is 1. The number of hydrogen-bond donors (Lipinski definition) is 1. The van der Waals surface area contributed by atoms with Gasteiger partial charge in [-0.25, -0.2) is 0 Å². The van der Waals surface area contributed by atoms with E-state index in [1.54, 1.807) is 0 Å². The highest BCUT2D eigenvalue weighted by Crippen LogP contribution is 2.34. The summed E-state index contributed by atoms with van der Waals surface area (Å²) in [6.45, 7) is 4.84. The molecule has 1 atom stereocenters. The lowest BCUT2D eigenvalue weighted by molar-refractivity contribution is -0.136. The predicted octanol–water partition coefficient (Wildman–Crippen LogP) is 0.879. The van der Waals surface area contributed by atoms with Crippen LogP contribution in [-0.2, 0) is 14.4 Å². The summed E-state index contributed by atoms with van der Waals surface area (Å²) in [5.74, 6) is -0.285. The molecule has 0 radical (unpaired) electrons. The Labute approximate surface area is 159 Å². The fraction of sp³-hybridized carbons (Fsp3) is 0.550. The largest absolute Gasteiger partial charge is 0.342 e. The molecule has 0 aromatic heterocycles. The van der Waals surface area contributed by atoms with Gasteiger partial charge in [0.25, 0.3) is 0 Å². The van der Waals surface area contributed by atoms with E-state index in [4.69, 9.17) is 0 Å². The van der Waals surface area contributed by atoms with Crippen molar-refractivity contribution in [1.29, 1.82) is 0 Å². The van der Waals surface area contributed by atoms with Gasteiger partial charge in [-0.05, 0) is 24.5 Å². The van der Waals surface area contributed by atoms with Crippen LogP contribution in [0.1, 0.15) is 30.7 Å². The third-order valence-corrected chi connectivity index (χ3v) is 5.83. The first-order valence-corrected chi connectivity index (χ1v) is 9.79. The van der Waals surface area contributed by atoms with Crippen molar-refractivity contribution in [3.8, 4) is 0 Å². The number of carbonyl (C=O) groups is 3. The Morgan fingerprint density at radius 1 is 0.926 bits per heavy atom. The van der Waals surface area contributed by atoms with Crippen molar-refractivity contribution in [3.63, 3.8) is 0 Å². The molecule has 7 heteroatoms. The second-order valence-corrected chi connectivity index (χ2v) is 7.58. The summed E-state index contributed by atoms with van der Waals surface area (Å²) in [5, 5.41) is 2.85. The third-order valence-electron chi connectivity index (χ3n) is 5.83. The molecule has 3 heterocycles. The molecule has 2 saturated heterocycles. The Kier molecular flexibility index (Phi) is 5.11. The predicted molar refractivity (Wildman–Crippen MR) is 101 cm³/mol. The number of benzene rings is 1. The molecule has 7 nitrogen and oxygen atoms in total. The van der Waals surface area contributed by atoms with Crippen LogP contribution in [0.2, 0.25) is 0 Å². The van der Waals surface area contributed by atoms with Crippen LogP contribution in [0.15, 0.2) is 24.3 Å². The molecule has 27 heavy (non-hydrogen) atoms. The molecule has 144 valence electrons. The van der Waals surface area contributed by atoms with Gasteiger partial charge in [0, 0.05) is 51.4 Å². The molecular weight excluding hydrogens is 344 g/mol. The second-order valence-electron chi connectivity index (χ2n) is 7.58. The zero-order valence-corrected chi connectivity index (χ0v) is 15.5. The van der Waals surface area contributed by atoms with Crippen molar-refractivity contribution < 1.29 is 14.4 Å². The minimum absolute atomic E-state index is 0.0115. The summed E-state index contributed by atoms with van der Waals surface area (Å²) >= 11 is 0. The molecule has 1 aromatic carbocycles. The maximum absolute atomic E-state index is 12.7. The van der Waals surface area contributed by atoms with Crippen LogP contribution in [0.4, 0.5) is 5.69 Å². The molecule has 3 aliphatic rings. The molecule has 1 aromatic rings. The van der Waals surface area contributed by atoms with Gasteiger partial charge in [-0.3, -0.25) is 19.3 Å². The molecule has 0 aliphatic carbocycles. The molecular formula is C20H26N4O3. The molecule has 3 amide bonds. The van der Waals surface area contributed by atoms with E-state index in [0.29, 0.717) is 32.7 Å². The molecule has 2 fully saturated rings. The number of nitrogens with zero attached hydrogens (tertiary/aromatic N) is 3. The quantitative estimate of drug-likeness (QED) is 0.854. The van der Waals surface area contributed by atoms with Gasteiger partial charge < -0.3 is 15.1 Å². The SMILES string of the molecule is O=C1Nc2ccccc2C1CC(=O)N1CCN(CC(=O)N2CCCC2)CC1. The van der Waals surface area contributed by atoms with Gasteiger partial charge >= 0.3 is 0 Å². The summed E-state index contributed by atoms with van der Waals surface area (Å²) in [5.41, 5.74) is 1.72. The highest BCUT2D eigenvalue weighted by atomic mass is 16.2. The molecule has 1 unspecified atom stereocenters. The Balaban J connectivity index is 1.28. The zero-order valence-electron chi connectivity index (χ0n) is 15.5. The number of amides is 3. The average Bonchev–Trinajstić information content (AvgIpc) is 3.31. The number of piperazine rings is 1. The highest BCUT2D eigenvalue weighted by molar-refractivity contribution is 6.04. The number of likely N-dealkylation sites (tertiary alicyclic amines) is 1. The Hall–Kier alpha value is -2.41. The van der Waals surface area contributed by atoms with E-state index in [1.807, 2.05) is 34.1 Å². The van der Waals surface area contributed by atoms with E-state index in [2.05, 4.69) is 10.2 Å². The monoisotopic (exact) mass is 370 g/mol. The minimum atomic E-state index is -0.400. The van der Waals surface area contributed by atoms with Crippen LogP contribution < -0.4 is 5.32 Å². The smallest absolute Gasteiger partial charge is 0.236 e. The van der Waals surface area contributed by atoms with E-state index in [0.717, 1.165) is 37.2 Å². The van der Waals surface area contributed by atoms with Crippen LogP contribution in [0, 0.1) is 0 Å². The number of hydrogen-bond acceptors (Lipinski definition) is 4. The molecule has 1 N–H and O–H groups in total. The normalized spacial score (nSPS) is 22.7. The van der Waals surface area contributed by atoms with Crippen molar-refractivity contribution >= 4 is 23.4 Å². The Bertz CT molecular complexity index is 736. The standard InChI is InChI=1S/C20H26N4O3/c25-18(13-16-15-5-1-2-6-17(15)21-20(16)27)24-11-9-22(10-12-24)14-19(26)23-7-3-4-8-23/h1-2,5-6,16H,3-4,7-14H2,(H,21,27). The lowest BCUT2D eigenvalue weighted by atomic mass is 9.96. The minimum Gasteiger partial charge on any atom is -0.342 e. The summed E-state index contributed by atoms with van der Waals surface area (Å²) in [6, 6.07) is 7.56. The van der Waals surface area contributed by atoms with Crippen LogP contribution >= 0.6 is 0 Å². The van der Waals surface area contributed by atoms with Crippen LogP contribution in [0.3, 0.4) is 0 Å². The molecule has 3 aliphatic heterocycles.